The zero-order valence-electron chi connectivity index (χ0n) is 13.9. The molecule has 4 N–H and O–H groups in total. The van der Waals surface area contributed by atoms with Crippen molar-refractivity contribution in [1.82, 2.24) is 4.72 Å². The van der Waals surface area contributed by atoms with E-state index in [1.54, 1.807) is 0 Å². The third-order valence-corrected chi connectivity index (χ3v) is 5.93. The molecular formula is C14H32N2O5S2. The van der Waals surface area contributed by atoms with E-state index in [1.165, 1.54) is 32.1 Å². The predicted octanol–water partition coefficient (Wildman–Crippen LogP) is 1.65. The third-order valence-electron chi connectivity index (χ3n) is 3.56. The van der Waals surface area contributed by atoms with Gasteiger partial charge in [-0.05, 0) is 19.4 Å². The van der Waals surface area contributed by atoms with Crippen molar-refractivity contribution in [1.29, 1.82) is 0 Å². The fourth-order valence-corrected chi connectivity index (χ4v) is 4.52. The molecule has 140 valence electrons. The van der Waals surface area contributed by atoms with Crippen LogP contribution in [0.25, 0.3) is 0 Å². The number of nitrogens with two attached hydrogens (primary N) is 1. The lowest BCUT2D eigenvalue weighted by molar-refractivity contribution is 0.483. The van der Waals surface area contributed by atoms with Crippen molar-refractivity contribution in [2.75, 3.05) is 24.6 Å². The van der Waals surface area contributed by atoms with E-state index in [1.807, 2.05) is 0 Å². The highest BCUT2D eigenvalue weighted by atomic mass is 32.2. The number of rotatable bonds is 16. The second-order valence-corrected chi connectivity index (χ2v) is 9.32. The first kappa shape index (κ1) is 22.8. The van der Waals surface area contributed by atoms with Gasteiger partial charge in [0, 0.05) is 6.54 Å². The Morgan fingerprint density at radius 3 is 1.57 bits per heavy atom. The molecule has 23 heavy (non-hydrogen) atoms. The Morgan fingerprint density at radius 2 is 1.13 bits per heavy atom. The van der Waals surface area contributed by atoms with Crippen molar-refractivity contribution < 1.29 is 21.4 Å². The fraction of sp³-hybridized carbons (Fsp3) is 1.00. The molecule has 0 unspecified atom stereocenters. The van der Waals surface area contributed by atoms with Crippen LogP contribution in [0, 0.1) is 0 Å². The van der Waals surface area contributed by atoms with Crippen molar-refractivity contribution in [2.45, 2.75) is 64.2 Å². The molecule has 0 aliphatic heterocycles. The summed E-state index contributed by atoms with van der Waals surface area (Å²) < 4.78 is 54.8. The molecule has 0 radical (unpaired) electrons. The smallest absolute Gasteiger partial charge is 0.265 e. The largest absolute Gasteiger partial charge is 0.330 e. The Bertz CT molecular complexity index is 477. The van der Waals surface area contributed by atoms with Crippen molar-refractivity contribution in [3.63, 3.8) is 0 Å². The van der Waals surface area contributed by atoms with Gasteiger partial charge in [0.05, 0.1) is 11.5 Å². The Hall–Kier alpha value is -0.220. The minimum atomic E-state index is -4.24. The van der Waals surface area contributed by atoms with Crippen LogP contribution in [-0.4, -0.2) is 46.0 Å². The molecule has 7 nitrogen and oxygen atoms in total. The first-order valence-corrected chi connectivity index (χ1v) is 11.7. The lowest BCUT2D eigenvalue weighted by Gasteiger charge is -2.06. The van der Waals surface area contributed by atoms with E-state index < -0.39 is 31.6 Å². The fourth-order valence-electron chi connectivity index (χ4n) is 2.20. The summed E-state index contributed by atoms with van der Waals surface area (Å²) >= 11 is 0. The molecule has 0 aliphatic carbocycles. The van der Waals surface area contributed by atoms with E-state index in [0.717, 1.165) is 38.6 Å². The molecule has 0 spiro atoms. The van der Waals surface area contributed by atoms with Gasteiger partial charge in [-0.1, -0.05) is 51.4 Å². The second-order valence-electron chi connectivity index (χ2n) is 5.82. The number of hydrogen-bond donors (Lipinski definition) is 3. The molecule has 0 fully saturated rings. The summed E-state index contributed by atoms with van der Waals surface area (Å²) in [5.41, 5.74) is 5.43. The van der Waals surface area contributed by atoms with Gasteiger partial charge in [-0.2, -0.15) is 8.42 Å². The van der Waals surface area contributed by atoms with Crippen LogP contribution < -0.4 is 10.5 Å². The zero-order chi connectivity index (χ0) is 17.6. The average Bonchev–Trinajstić information content (AvgIpc) is 2.46. The minimum Gasteiger partial charge on any atom is -0.330 e. The summed E-state index contributed by atoms with van der Waals surface area (Å²) in [7, 11) is -7.86. The van der Waals surface area contributed by atoms with Gasteiger partial charge in [0.1, 0.15) is 0 Å². The topological polar surface area (TPSA) is 127 Å². The highest BCUT2D eigenvalue weighted by Gasteiger charge is 2.14. The van der Waals surface area contributed by atoms with E-state index in [0.29, 0.717) is 6.54 Å². The van der Waals surface area contributed by atoms with Crippen LogP contribution in [0.3, 0.4) is 0 Å². The molecule has 0 amide bonds. The van der Waals surface area contributed by atoms with Crippen molar-refractivity contribution in [3.8, 4) is 0 Å². The number of hydrogen-bond acceptors (Lipinski definition) is 5. The standard InChI is InChI=1S/C14H32N2O5S2/c15-11-9-7-5-3-1-2-4-6-8-10-12-16-22(17,18)13-14-23(19,20)21/h16H,1-15H2,(H,19,20,21). The predicted molar refractivity (Wildman–Crippen MR) is 93.4 cm³/mol. The van der Waals surface area contributed by atoms with Gasteiger partial charge in [-0.25, -0.2) is 13.1 Å². The SMILES string of the molecule is NCCCCCCCCCCCCNS(=O)(=O)CCS(=O)(=O)O. The maximum Gasteiger partial charge on any atom is 0.265 e. The van der Waals surface area contributed by atoms with E-state index in [2.05, 4.69) is 4.72 Å². The lowest BCUT2D eigenvalue weighted by atomic mass is 10.1. The van der Waals surface area contributed by atoms with Gasteiger partial charge in [0.25, 0.3) is 10.1 Å². The second kappa shape index (κ2) is 13.1. The minimum absolute atomic E-state index is 0.312. The molecule has 0 aromatic carbocycles. The van der Waals surface area contributed by atoms with Crippen LogP contribution in [0.4, 0.5) is 0 Å². The molecule has 9 heteroatoms. The maximum atomic E-state index is 11.5. The maximum absolute atomic E-state index is 11.5. The van der Waals surface area contributed by atoms with Crippen LogP contribution in [0.1, 0.15) is 64.2 Å². The summed E-state index contributed by atoms with van der Waals surface area (Å²) in [5.74, 6) is -1.37. The first-order chi connectivity index (χ1) is 10.8. The number of sulfonamides is 1. The molecule has 0 aromatic heterocycles. The molecular weight excluding hydrogens is 340 g/mol. The monoisotopic (exact) mass is 372 g/mol. The van der Waals surface area contributed by atoms with Gasteiger partial charge < -0.3 is 5.73 Å². The van der Waals surface area contributed by atoms with Crippen molar-refractivity contribution in [2.24, 2.45) is 5.73 Å². The van der Waals surface area contributed by atoms with E-state index in [9.17, 15) is 16.8 Å². The van der Waals surface area contributed by atoms with Crippen molar-refractivity contribution in [3.05, 3.63) is 0 Å². The van der Waals surface area contributed by atoms with Gasteiger partial charge in [0.15, 0.2) is 0 Å². The summed E-state index contributed by atoms with van der Waals surface area (Å²) in [5, 5.41) is 0. The number of nitrogens with one attached hydrogen (secondary N) is 1. The Morgan fingerprint density at radius 1 is 0.696 bits per heavy atom. The highest BCUT2D eigenvalue weighted by molar-refractivity contribution is 7.91. The van der Waals surface area contributed by atoms with Gasteiger partial charge >= 0.3 is 0 Å². The molecule has 0 bridgehead atoms. The summed E-state index contributed by atoms with van der Waals surface area (Å²) in [6, 6.07) is 0. The van der Waals surface area contributed by atoms with E-state index in [4.69, 9.17) is 10.3 Å². The summed E-state index contributed by atoms with van der Waals surface area (Å²) in [6.45, 7) is 1.09. The van der Waals surface area contributed by atoms with Crippen LogP contribution in [-0.2, 0) is 20.1 Å². The van der Waals surface area contributed by atoms with E-state index in [-0.39, 0.29) is 0 Å². The Labute approximate surface area is 141 Å². The van der Waals surface area contributed by atoms with Crippen LogP contribution in [0.2, 0.25) is 0 Å². The normalized spacial score (nSPS) is 12.6. The molecule has 0 rings (SSSR count). The van der Waals surface area contributed by atoms with E-state index >= 15 is 0 Å². The first-order valence-electron chi connectivity index (χ1n) is 8.39. The third kappa shape index (κ3) is 18.0. The molecule has 0 saturated heterocycles. The van der Waals surface area contributed by atoms with Crippen LogP contribution in [0.15, 0.2) is 0 Å². The quantitative estimate of drug-likeness (QED) is 0.279. The van der Waals surface area contributed by atoms with Crippen LogP contribution in [0.5, 0.6) is 0 Å². The lowest BCUT2D eigenvalue weighted by Crippen LogP contribution is -2.30. The number of unbranched alkanes of at least 4 members (excludes halogenated alkanes) is 9. The van der Waals surface area contributed by atoms with Gasteiger partial charge in [-0.3, -0.25) is 4.55 Å². The molecule has 0 saturated carbocycles. The average molecular weight is 373 g/mol. The highest BCUT2D eigenvalue weighted by Crippen LogP contribution is 2.10. The summed E-state index contributed by atoms with van der Waals surface area (Å²) in [6.07, 6.45) is 11.2. The Balaban J connectivity index is 3.42. The van der Waals surface area contributed by atoms with Gasteiger partial charge in [0.2, 0.25) is 10.0 Å². The molecule has 0 aliphatic rings. The molecule has 0 aromatic rings. The Kier molecular flexibility index (Phi) is 13.0. The van der Waals surface area contributed by atoms with Gasteiger partial charge in [-0.15, -0.1) is 0 Å². The molecule has 0 heterocycles. The van der Waals surface area contributed by atoms with Crippen molar-refractivity contribution >= 4 is 20.1 Å². The van der Waals surface area contributed by atoms with Crippen LogP contribution >= 0.6 is 0 Å². The zero-order valence-corrected chi connectivity index (χ0v) is 15.5. The summed E-state index contributed by atoms with van der Waals surface area (Å²) in [4.78, 5) is 0. The molecule has 0 atom stereocenters.